The fourth-order valence-corrected chi connectivity index (χ4v) is 2.00. The van der Waals surface area contributed by atoms with Crippen molar-refractivity contribution in [1.82, 2.24) is 9.97 Å². The maximum Gasteiger partial charge on any atom is 0.280 e. The highest BCUT2D eigenvalue weighted by Crippen LogP contribution is 2.38. The Kier molecular flexibility index (Phi) is 3.80. The van der Waals surface area contributed by atoms with Gasteiger partial charge in [-0.2, -0.15) is 10.2 Å². The topological polar surface area (TPSA) is 145 Å². The molecule has 1 heterocycles. The predicted octanol–water partition coefficient (Wildman–Crippen LogP) is 2.39. The van der Waals surface area contributed by atoms with Crippen LogP contribution >= 0.6 is 23.2 Å². The molecule has 0 aliphatic carbocycles. The van der Waals surface area contributed by atoms with Gasteiger partial charge >= 0.3 is 0 Å². The second kappa shape index (κ2) is 5.40. The van der Waals surface area contributed by atoms with Gasteiger partial charge in [0.15, 0.2) is 0 Å². The molecule has 0 spiro atoms. The summed E-state index contributed by atoms with van der Waals surface area (Å²) in [6.45, 7) is 0. The number of halogens is 2. The zero-order chi connectivity index (χ0) is 15.7. The normalized spacial score (nSPS) is 10.1. The van der Waals surface area contributed by atoms with E-state index in [-0.39, 0.29) is 44.3 Å². The molecule has 0 bridgehead atoms. The van der Waals surface area contributed by atoms with Crippen molar-refractivity contribution in [1.29, 1.82) is 5.26 Å². The Morgan fingerprint density at radius 1 is 1.24 bits per heavy atom. The number of rotatable bonds is 2. The molecule has 106 valence electrons. The molecule has 1 aromatic heterocycles. The molecule has 0 amide bonds. The average molecular weight is 325 g/mol. The van der Waals surface area contributed by atoms with Crippen LogP contribution in [0.2, 0.25) is 10.0 Å². The fourth-order valence-electron chi connectivity index (χ4n) is 1.68. The van der Waals surface area contributed by atoms with E-state index in [4.69, 9.17) is 39.9 Å². The Hall–Kier alpha value is -2.63. The van der Waals surface area contributed by atoms with E-state index in [1.165, 1.54) is 6.07 Å². The predicted molar refractivity (Wildman–Crippen MR) is 77.7 cm³/mol. The molecule has 0 atom stereocenters. The number of nitrogens with two attached hydrogens (primary N) is 2. The van der Waals surface area contributed by atoms with E-state index in [0.29, 0.717) is 0 Å². The second-order valence-corrected chi connectivity index (χ2v) is 4.66. The summed E-state index contributed by atoms with van der Waals surface area (Å²) >= 11 is 11.6. The van der Waals surface area contributed by atoms with Gasteiger partial charge in [-0.05, 0) is 6.07 Å². The van der Waals surface area contributed by atoms with Gasteiger partial charge in [-0.1, -0.05) is 23.2 Å². The van der Waals surface area contributed by atoms with Crippen molar-refractivity contribution in [3.8, 4) is 17.3 Å². The Morgan fingerprint density at radius 2 is 1.86 bits per heavy atom. The first kappa shape index (κ1) is 14.8. The highest BCUT2D eigenvalue weighted by molar-refractivity contribution is 6.42. The monoisotopic (exact) mass is 324 g/mol. The van der Waals surface area contributed by atoms with E-state index in [0.717, 1.165) is 6.07 Å². The number of nitrogen functional groups attached to an aromatic ring is 2. The van der Waals surface area contributed by atoms with Gasteiger partial charge < -0.3 is 11.5 Å². The van der Waals surface area contributed by atoms with Gasteiger partial charge in [0.25, 0.3) is 5.69 Å². The van der Waals surface area contributed by atoms with Crippen molar-refractivity contribution in [2.24, 2.45) is 0 Å². The van der Waals surface area contributed by atoms with Crippen LogP contribution in [0.5, 0.6) is 0 Å². The van der Waals surface area contributed by atoms with Gasteiger partial charge in [-0.15, -0.1) is 0 Å². The Labute approximate surface area is 128 Å². The van der Waals surface area contributed by atoms with Crippen molar-refractivity contribution in [2.45, 2.75) is 0 Å². The van der Waals surface area contributed by atoms with Gasteiger partial charge in [0.05, 0.1) is 20.5 Å². The van der Waals surface area contributed by atoms with Gasteiger partial charge in [-0.25, -0.2) is 4.98 Å². The first-order valence-electron chi connectivity index (χ1n) is 5.32. The van der Waals surface area contributed by atoms with Crippen molar-refractivity contribution in [3.63, 3.8) is 0 Å². The lowest BCUT2D eigenvalue weighted by Crippen LogP contribution is -2.06. The van der Waals surface area contributed by atoms with Crippen LogP contribution in [0.15, 0.2) is 12.1 Å². The van der Waals surface area contributed by atoms with Crippen LogP contribution in [0.1, 0.15) is 5.56 Å². The minimum Gasteiger partial charge on any atom is -0.382 e. The van der Waals surface area contributed by atoms with Gasteiger partial charge in [-0.3, -0.25) is 10.1 Å². The lowest BCUT2D eigenvalue weighted by Gasteiger charge is -2.08. The fraction of sp³-hybridized carbons (Fsp3) is 0. The lowest BCUT2D eigenvalue weighted by molar-refractivity contribution is -0.384. The molecular formula is C11H6Cl2N6O2. The molecule has 8 nitrogen and oxygen atoms in total. The van der Waals surface area contributed by atoms with Crippen molar-refractivity contribution in [3.05, 3.63) is 37.9 Å². The third kappa shape index (κ3) is 2.65. The van der Waals surface area contributed by atoms with Crippen LogP contribution in [0.4, 0.5) is 17.5 Å². The number of nitro benzene ring substituents is 1. The number of hydrogen-bond acceptors (Lipinski definition) is 7. The van der Waals surface area contributed by atoms with Crippen molar-refractivity contribution >= 4 is 40.7 Å². The molecule has 2 aromatic rings. The van der Waals surface area contributed by atoms with E-state index < -0.39 is 4.92 Å². The zero-order valence-electron chi connectivity index (χ0n) is 10.2. The van der Waals surface area contributed by atoms with Gasteiger partial charge in [0, 0.05) is 6.07 Å². The number of nitriles is 1. The maximum atomic E-state index is 11.1. The third-order valence-corrected chi connectivity index (χ3v) is 3.28. The van der Waals surface area contributed by atoms with E-state index >= 15 is 0 Å². The number of nitrogens with zero attached hydrogens (tertiary/aromatic N) is 4. The minimum atomic E-state index is -0.673. The van der Waals surface area contributed by atoms with Crippen LogP contribution in [0.3, 0.4) is 0 Å². The molecule has 0 saturated heterocycles. The standard InChI is InChI=1S/C11H6Cl2N6O2/c12-6-1-4(8(19(20)21)2-7(6)13)9-5(3-14)10(15)18-11(16)17-9/h1-2H,(H4,15,16,17,18). The van der Waals surface area contributed by atoms with E-state index in [1.807, 2.05) is 0 Å². The highest BCUT2D eigenvalue weighted by atomic mass is 35.5. The average Bonchev–Trinajstić information content (AvgIpc) is 2.40. The Morgan fingerprint density at radius 3 is 2.43 bits per heavy atom. The molecule has 0 saturated carbocycles. The molecule has 1 aromatic carbocycles. The number of anilines is 2. The molecule has 21 heavy (non-hydrogen) atoms. The third-order valence-electron chi connectivity index (χ3n) is 2.56. The van der Waals surface area contributed by atoms with Crippen molar-refractivity contribution < 1.29 is 4.92 Å². The molecule has 10 heteroatoms. The van der Waals surface area contributed by atoms with Gasteiger partial charge in [0.1, 0.15) is 23.1 Å². The van der Waals surface area contributed by atoms with Crippen LogP contribution in [0.25, 0.3) is 11.3 Å². The summed E-state index contributed by atoms with van der Waals surface area (Å²) in [5, 5.41) is 20.3. The van der Waals surface area contributed by atoms with Crippen LogP contribution in [-0.4, -0.2) is 14.9 Å². The molecule has 4 N–H and O–H groups in total. The summed E-state index contributed by atoms with van der Waals surface area (Å²) in [5.74, 6) is -0.401. The summed E-state index contributed by atoms with van der Waals surface area (Å²) < 4.78 is 0. The SMILES string of the molecule is N#Cc1c(N)nc(N)nc1-c1cc(Cl)c(Cl)cc1[N+](=O)[O-]. The summed E-state index contributed by atoms with van der Waals surface area (Å²) in [6.07, 6.45) is 0. The molecule has 0 fully saturated rings. The Bertz CT molecular complexity index is 802. The summed E-state index contributed by atoms with van der Waals surface area (Å²) in [5.41, 5.74) is 10.4. The molecule has 2 rings (SSSR count). The highest BCUT2D eigenvalue weighted by Gasteiger charge is 2.23. The van der Waals surface area contributed by atoms with Crippen LogP contribution in [0, 0.1) is 21.4 Å². The Balaban J connectivity index is 2.88. The summed E-state index contributed by atoms with van der Waals surface area (Å²) in [4.78, 5) is 18.0. The largest absolute Gasteiger partial charge is 0.382 e. The van der Waals surface area contributed by atoms with Gasteiger partial charge in [0.2, 0.25) is 5.95 Å². The smallest absolute Gasteiger partial charge is 0.280 e. The maximum absolute atomic E-state index is 11.1. The molecule has 0 aliphatic rings. The lowest BCUT2D eigenvalue weighted by atomic mass is 10.0. The van der Waals surface area contributed by atoms with E-state index in [2.05, 4.69) is 9.97 Å². The molecule has 0 aliphatic heterocycles. The number of aromatic nitrogens is 2. The first-order valence-corrected chi connectivity index (χ1v) is 6.07. The van der Waals surface area contributed by atoms with E-state index in [1.54, 1.807) is 6.07 Å². The molecule has 0 unspecified atom stereocenters. The summed E-state index contributed by atoms with van der Waals surface area (Å²) in [6, 6.07) is 4.08. The van der Waals surface area contributed by atoms with Crippen LogP contribution in [-0.2, 0) is 0 Å². The number of nitro groups is 1. The molecular weight excluding hydrogens is 319 g/mol. The quantitative estimate of drug-likeness (QED) is 0.636. The second-order valence-electron chi connectivity index (χ2n) is 3.84. The van der Waals surface area contributed by atoms with Crippen LogP contribution < -0.4 is 11.5 Å². The van der Waals surface area contributed by atoms with Crippen molar-refractivity contribution in [2.75, 3.05) is 11.5 Å². The van der Waals surface area contributed by atoms with E-state index in [9.17, 15) is 10.1 Å². The first-order chi connectivity index (χ1) is 9.85. The minimum absolute atomic E-state index is 0.000578. The summed E-state index contributed by atoms with van der Waals surface area (Å²) in [7, 11) is 0. The molecule has 0 radical (unpaired) electrons. The number of benzene rings is 1. The zero-order valence-corrected chi connectivity index (χ0v) is 11.7. The number of hydrogen-bond donors (Lipinski definition) is 2.